The summed E-state index contributed by atoms with van der Waals surface area (Å²) in [6, 6.07) is 2.62. The average molecular weight is 676 g/mol. The van der Waals surface area contributed by atoms with Crippen molar-refractivity contribution in [3.8, 4) is 0 Å². The van der Waals surface area contributed by atoms with Gasteiger partial charge in [0, 0.05) is 49.5 Å². The number of amides is 1. The smallest absolute Gasteiger partial charge is 0.352 e. The van der Waals surface area contributed by atoms with Gasteiger partial charge in [-0.3, -0.25) is 9.78 Å². The summed E-state index contributed by atoms with van der Waals surface area (Å²) in [4.78, 5) is 17.5. The van der Waals surface area contributed by atoms with Crippen molar-refractivity contribution in [1.29, 1.82) is 0 Å². The van der Waals surface area contributed by atoms with Crippen LogP contribution in [0.2, 0.25) is 5.02 Å². The largest absolute Gasteiger partial charge is 0.417 e. The van der Waals surface area contributed by atoms with E-state index < -0.39 is 45.4 Å². The molecule has 1 saturated carbocycles. The summed E-state index contributed by atoms with van der Waals surface area (Å²) in [5.41, 5.74) is 0.956. The molecule has 3 heterocycles. The van der Waals surface area contributed by atoms with Gasteiger partial charge in [0.25, 0.3) is 0 Å². The summed E-state index contributed by atoms with van der Waals surface area (Å²) in [5.74, 6) is -2.61. The van der Waals surface area contributed by atoms with Gasteiger partial charge in [0.05, 0.1) is 16.3 Å². The van der Waals surface area contributed by atoms with Gasteiger partial charge in [0.15, 0.2) is 0 Å². The van der Waals surface area contributed by atoms with Crippen LogP contribution in [-0.2, 0) is 21.0 Å². The Hall–Kier alpha value is -2.36. The molecule has 3 aliphatic rings. The van der Waals surface area contributed by atoms with Crippen LogP contribution in [0.4, 0.5) is 17.6 Å². The zero-order valence-electron chi connectivity index (χ0n) is 24.6. The Bertz CT molecular complexity index is 1470. The van der Waals surface area contributed by atoms with Crippen molar-refractivity contribution in [3.63, 3.8) is 0 Å². The van der Waals surface area contributed by atoms with E-state index in [4.69, 9.17) is 11.6 Å². The lowest BCUT2D eigenvalue weighted by molar-refractivity contribution is -0.137. The molecular formula is C30H38ClF4N5O4S. The third kappa shape index (κ3) is 7.96. The van der Waals surface area contributed by atoms with Crippen LogP contribution in [0.25, 0.3) is 0 Å². The van der Waals surface area contributed by atoms with Gasteiger partial charge < -0.3 is 15.8 Å². The number of alkyl halides is 3. The monoisotopic (exact) mass is 675 g/mol. The third-order valence-corrected chi connectivity index (χ3v) is 11.6. The molecule has 2 aromatic rings. The van der Waals surface area contributed by atoms with E-state index in [1.807, 2.05) is 5.48 Å². The fourth-order valence-corrected chi connectivity index (χ4v) is 8.94. The first-order valence-electron chi connectivity index (χ1n) is 15.3. The van der Waals surface area contributed by atoms with Crippen LogP contribution in [0.3, 0.4) is 0 Å². The number of halogens is 5. The molecule has 0 radical (unpaired) electrons. The molecule has 1 aliphatic carbocycles. The summed E-state index contributed by atoms with van der Waals surface area (Å²) in [5, 5.41) is 16.5. The number of hydroxylamine groups is 1. The molecule has 2 aliphatic heterocycles. The van der Waals surface area contributed by atoms with Gasteiger partial charge in [-0.25, -0.2) is 12.8 Å². The van der Waals surface area contributed by atoms with Gasteiger partial charge in [-0.05, 0) is 73.8 Å². The second-order valence-electron chi connectivity index (χ2n) is 12.3. The second-order valence-corrected chi connectivity index (χ2v) is 14.7. The molecule has 9 nitrogen and oxygen atoms in total. The van der Waals surface area contributed by atoms with E-state index in [9.17, 15) is 36.0 Å². The maximum atomic E-state index is 14.5. The van der Waals surface area contributed by atoms with Crippen LogP contribution in [0.15, 0.2) is 36.7 Å². The molecule has 4 N–H and O–H groups in total. The van der Waals surface area contributed by atoms with Gasteiger partial charge in [-0.1, -0.05) is 30.5 Å². The van der Waals surface area contributed by atoms with Crippen molar-refractivity contribution < 1.29 is 36.0 Å². The third-order valence-electron chi connectivity index (χ3n) is 9.37. The molecule has 7 atom stereocenters. The molecule has 1 unspecified atom stereocenters. The number of hydrogen-bond acceptors (Lipinski definition) is 7. The zero-order chi connectivity index (χ0) is 32.4. The minimum Gasteiger partial charge on any atom is -0.352 e. The van der Waals surface area contributed by atoms with Crippen molar-refractivity contribution in [1.82, 2.24) is 25.4 Å². The van der Waals surface area contributed by atoms with Gasteiger partial charge in [0.1, 0.15) is 11.9 Å². The molecule has 15 heteroatoms. The molecule has 45 heavy (non-hydrogen) atoms. The molecule has 2 bridgehead atoms. The van der Waals surface area contributed by atoms with E-state index in [1.54, 1.807) is 4.31 Å². The predicted molar refractivity (Wildman–Crippen MR) is 160 cm³/mol. The van der Waals surface area contributed by atoms with Crippen molar-refractivity contribution in [3.05, 3.63) is 64.2 Å². The van der Waals surface area contributed by atoms with Crippen molar-refractivity contribution in [2.24, 2.45) is 5.92 Å². The minimum absolute atomic E-state index is 0.0242. The Morgan fingerprint density at radius 2 is 1.89 bits per heavy atom. The van der Waals surface area contributed by atoms with E-state index in [1.165, 1.54) is 12.1 Å². The summed E-state index contributed by atoms with van der Waals surface area (Å²) in [7, 11) is -3.34. The minimum atomic E-state index is -4.72. The number of nitrogens with zero attached hydrogens (tertiary/aromatic N) is 2. The van der Waals surface area contributed by atoms with Crippen molar-refractivity contribution >= 4 is 27.5 Å². The molecular weight excluding hydrogens is 638 g/mol. The number of hydrogen-bond donors (Lipinski definition) is 4. The summed E-state index contributed by atoms with van der Waals surface area (Å²) in [6.07, 6.45) is 3.02. The molecule has 3 fully saturated rings. The van der Waals surface area contributed by atoms with Gasteiger partial charge in [-0.15, -0.1) is 0 Å². The summed E-state index contributed by atoms with van der Waals surface area (Å²) in [6.45, 7) is 1.02. The normalized spacial score (nSPS) is 28.1. The van der Waals surface area contributed by atoms with E-state index in [0.29, 0.717) is 45.0 Å². The lowest BCUT2D eigenvalue weighted by atomic mass is 9.80. The number of rotatable bonds is 9. The number of fused-ring (bicyclic) bond motifs is 2. The Labute approximate surface area is 265 Å². The first kappa shape index (κ1) is 34.0. The van der Waals surface area contributed by atoms with Crippen LogP contribution in [0, 0.1) is 11.7 Å². The lowest BCUT2D eigenvalue weighted by Gasteiger charge is -2.39. The van der Waals surface area contributed by atoms with E-state index >= 15 is 0 Å². The van der Waals surface area contributed by atoms with E-state index in [-0.39, 0.29) is 45.9 Å². The van der Waals surface area contributed by atoms with Gasteiger partial charge >= 0.3 is 6.18 Å². The molecule has 2 saturated heterocycles. The molecule has 1 amide bonds. The maximum absolute atomic E-state index is 14.5. The highest BCUT2D eigenvalue weighted by Crippen LogP contribution is 2.36. The van der Waals surface area contributed by atoms with Crippen LogP contribution in [0.1, 0.15) is 74.0 Å². The van der Waals surface area contributed by atoms with Crippen LogP contribution < -0.4 is 16.1 Å². The Morgan fingerprint density at radius 1 is 1.11 bits per heavy atom. The Kier molecular flexibility index (Phi) is 10.7. The number of sulfonamides is 1. The first-order chi connectivity index (χ1) is 21.4. The van der Waals surface area contributed by atoms with Gasteiger partial charge in [0.2, 0.25) is 15.9 Å². The Morgan fingerprint density at radius 3 is 2.62 bits per heavy atom. The number of aromatic nitrogens is 1. The van der Waals surface area contributed by atoms with Crippen LogP contribution in [-0.4, -0.2) is 71.8 Å². The second kappa shape index (κ2) is 14.2. The number of carbonyl (C=O) groups is 1. The molecule has 5 rings (SSSR count). The SMILES string of the molecule is O=C(N[C@H]1CCCC[C@@H]1CC[C@H]1CN[C@@H]2CCCS(=O)(=O)N1C2)[C@@H](NO)[C@H](c1cncc(C(F)(F)F)c1)c1ccc(Cl)c(F)c1. The highest BCUT2D eigenvalue weighted by molar-refractivity contribution is 7.89. The van der Waals surface area contributed by atoms with Gasteiger partial charge in [-0.2, -0.15) is 23.0 Å². The maximum Gasteiger partial charge on any atom is 0.417 e. The molecule has 1 aromatic heterocycles. The lowest BCUT2D eigenvalue weighted by Crippen LogP contribution is -2.57. The standard InChI is InChI=1S/C30H38ClF4N5O4S/c31-24-10-8-19(13-25(24)32)27(20-12-21(15-36-14-20)30(33,34)35)28(39-42)29(41)38-26-6-2-1-4-18(26)7-9-23-16-37-22-5-3-11-45(43,44)40(23)17-22/h8,10,12-15,18,22-23,26-28,37,39,42H,1-7,9,11,16-17H2,(H,38,41)/t18-,22-,23+,26+,27+,28+/m1/s1. The van der Waals surface area contributed by atoms with E-state index in [0.717, 1.165) is 44.0 Å². The number of nitrogens with one attached hydrogen (secondary N) is 3. The highest BCUT2D eigenvalue weighted by atomic mass is 35.5. The molecule has 248 valence electrons. The summed E-state index contributed by atoms with van der Waals surface area (Å²) < 4.78 is 82.8. The average Bonchev–Trinajstić information content (AvgIpc) is 3.12. The Balaban J connectivity index is 1.35. The zero-order valence-corrected chi connectivity index (χ0v) is 26.1. The van der Waals surface area contributed by atoms with Crippen molar-refractivity contribution in [2.75, 3.05) is 18.8 Å². The fourth-order valence-electron chi connectivity index (χ4n) is 7.02. The number of pyridine rings is 1. The number of carbonyl (C=O) groups excluding carboxylic acids is 1. The molecule has 1 aromatic carbocycles. The van der Waals surface area contributed by atoms with Crippen LogP contribution in [0.5, 0.6) is 0 Å². The topological polar surface area (TPSA) is 124 Å². The molecule has 0 spiro atoms. The predicted octanol–water partition coefficient (Wildman–Crippen LogP) is 4.59. The first-order valence-corrected chi connectivity index (χ1v) is 17.3. The highest BCUT2D eigenvalue weighted by Gasteiger charge is 2.40. The fraction of sp³-hybridized carbons (Fsp3) is 0.600. The number of benzene rings is 1. The van der Waals surface area contributed by atoms with Crippen molar-refractivity contribution in [2.45, 2.75) is 87.6 Å². The van der Waals surface area contributed by atoms with Crippen LogP contribution >= 0.6 is 11.6 Å². The summed E-state index contributed by atoms with van der Waals surface area (Å²) >= 11 is 5.85. The van der Waals surface area contributed by atoms with E-state index in [2.05, 4.69) is 15.6 Å². The quantitative estimate of drug-likeness (QED) is 0.227. The number of piperazine rings is 1.